The second-order valence-corrected chi connectivity index (χ2v) is 3.91. The summed E-state index contributed by atoms with van der Waals surface area (Å²) in [6.45, 7) is 6.50. The fraction of sp³-hybridized carbons (Fsp3) is 0.769. The summed E-state index contributed by atoms with van der Waals surface area (Å²) in [5, 5.41) is 0. The molecular formula is C13H24O2. The zero-order valence-electron chi connectivity index (χ0n) is 10.3. The van der Waals surface area contributed by atoms with E-state index in [4.69, 9.17) is 4.74 Å². The lowest BCUT2D eigenvalue weighted by molar-refractivity contribution is -0.142. The van der Waals surface area contributed by atoms with E-state index in [9.17, 15) is 4.79 Å². The number of unbranched alkanes of at least 4 members (excludes halogenated alkanes) is 4. The van der Waals surface area contributed by atoms with Gasteiger partial charge < -0.3 is 4.74 Å². The largest absolute Gasteiger partial charge is 0.461 e. The summed E-state index contributed by atoms with van der Waals surface area (Å²) in [6.07, 6.45) is 8.88. The van der Waals surface area contributed by atoms with Crippen molar-refractivity contribution in [3.8, 4) is 0 Å². The molecule has 0 rings (SSSR count). The van der Waals surface area contributed by atoms with Gasteiger partial charge >= 0.3 is 5.97 Å². The fourth-order valence-corrected chi connectivity index (χ4v) is 1.27. The molecule has 2 nitrogen and oxygen atoms in total. The average Bonchev–Trinajstić information content (AvgIpc) is 2.25. The lowest BCUT2D eigenvalue weighted by Gasteiger charge is -2.03. The van der Waals surface area contributed by atoms with Crippen molar-refractivity contribution in [2.24, 2.45) is 0 Å². The fourth-order valence-electron chi connectivity index (χ4n) is 1.27. The van der Waals surface area contributed by atoms with Gasteiger partial charge in [-0.15, -0.1) is 0 Å². The first-order valence-corrected chi connectivity index (χ1v) is 6.02. The van der Waals surface area contributed by atoms with Crippen LogP contribution in [0.5, 0.6) is 0 Å². The normalized spacial score (nSPS) is 11.5. The summed E-state index contributed by atoms with van der Waals surface area (Å²) in [5.74, 6) is -0.117. The monoisotopic (exact) mass is 212 g/mol. The average molecular weight is 212 g/mol. The summed E-state index contributed by atoms with van der Waals surface area (Å²) >= 11 is 0. The standard InChI is InChI=1S/C13H24O2/c1-4-6-7-8-9-10-12(3)11-15-13(14)5-2/h10H,4-9,11H2,1-3H3. The second-order valence-electron chi connectivity index (χ2n) is 3.91. The van der Waals surface area contributed by atoms with Gasteiger partial charge in [-0.25, -0.2) is 0 Å². The Kier molecular flexibility index (Phi) is 9.24. The van der Waals surface area contributed by atoms with E-state index in [1.165, 1.54) is 25.7 Å². The molecule has 0 bridgehead atoms. The lowest BCUT2D eigenvalue weighted by atomic mass is 10.1. The van der Waals surface area contributed by atoms with Gasteiger partial charge in [0.05, 0.1) is 0 Å². The van der Waals surface area contributed by atoms with Gasteiger partial charge in [0.1, 0.15) is 6.61 Å². The summed E-state index contributed by atoms with van der Waals surface area (Å²) in [7, 11) is 0. The van der Waals surface area contributed by atoms with Crippen LogP contribution >= 0.6 is 0 Å². The Morgan fingerprint density at radius 1 is 1.20 bits per heavy atom. The molecule has 2 heteroatoms. The summed E-state index contributed by atoms with van der Waals surface area (Å²) in [4.78, 5) is 10.9. The van der Waals surface area contributed by atoms with Crippen LogP contribution in [0, 0.1) is 0 Å². The minimum Gasteiger partial charge on any atom is -0.461 e. The molecule has 0 aliphatic carbocycles. The van der Waals surface area contributed by atoms with E-state index >= 15 is 0 Å². The van der Waals surface area contributed by atoms with Crippen molar-refractivity contribution in [1.29, 1.82) is 0 Å². The number of hydrogen-bond donors (Lipinski definition) is 0. The number of hydrogen-bond acceptors (Lipinski definition) is 2. The smallest absolute Gasteiger partial charge is 0.305 e. The van der Waals surface area contributed by atoms with Crippen LogP contribution in [0.25, 0.3) is 0 Å². The highest BCUT2D eigenvalue weighted by Crippen LogP contribution is 2.05. The molecule has 0 spiro atoms. The molecule has 0 saturated heterocycles. The van der Waals surface area contributed by atoms with Crippen molar-refractivity contribution >= 4 is 5.97 Å². The van der Waals surface area contributed by atoms with E-state index in [-0.39, 0.29) is 5.97 Å². The minimum absolute atomic E-state index is 0.117. The highest BCUT2D eigenvalue weighted by Gasteiger charge is 1.97. The van der Waals surface area contributed by atoms with Crippen molar-refractivity contribution in [3.05, 3.63) is 11.6 Å². The van der Waals surface area contributed by atoms with Crippen LogP contribution in [-0.2, 0) is 9.53 Å². The van der Waals surface area contributed by atoms with Crippen LogP contribution in [0.4, 0.5) is 0 Å². The Hall–Kier alpha value is -0.790. The number of carbonyl (C=O) groups is 1. The van der Waals surface area contributed by atoms with Gasteiger partial charge in [0.2, 0.25) is 0 Å². The number of allylic oxidation sites excluding steroid dienone is 1. The molecule has 0 fully saturated rings. The third kappa shape index (κ3) is 9.51. The number of rotatable bonds is 8. The molecule has 0 radical (unpaired) electrons. The Morgan fingerprint density at radius 3 is 2.53 bits per heavy atom. The maximum absolute atomic E-state index is 10.9. The maximum Gasteiger partial charge on any atom is 0.305 e. The third-order valence-electron chi connectivity index (χ3n) is 2.30. The number of carbonyl (C=O) groups excluding carboxylic acids is 1. The molecule has 0 N–H and O–H groups in total. The molecule has 0 aromatic rings. The summed E-state index contributed by atoms with van der Waals surface area (Å²) in [6, 6.07) is 0. The van der Waals surface area contributed by atoms with E-state index < -0.39 is 0 Å². The van der Waals surface area contributed by atoms with Crippen molar-refractivity contribution < 1.29 is 9.53 Å². The van der Waals surface area contributed by atoms with Crippen LogP contribution in [-0.4, -0.2) is 12.6 Å². The predicted molar refractivity (Wildman–Crippen MR) is 63.8 cm³/mol. The molecule has 0 aromatic heterocycles. The Balaban J connectivity index is 3.47. The molecule has 88 valence electrons. The topological polar surface area (TPSA) is 26.3 Å². The van der Waals surface area contributed by atoms with Crippen LogP contribution in [0.2, 0.25) is 0 Å². The van der Waals surface area contributed by atoms with Crippen LogP contribution in [0.3, 0.4) is 0 Å². The quantitative estimate of drug-likeness (QED) is 0.347. The Morgan fingerprint density at radius 2 is 1.93 bits per heavy atom. The first-order valence-electron chi connectivity index (χ1n) is 6.02. The highest BCUT2D eigenvalue weighted by atomic mass is 16.5. The number of ether oxygens (including phenoxy) is 1. The molecule has 0 heterocycles. The molecule has 0 unspecified atom stereocenters. The molecule has 0 atom stereocenters. The zero-order valence-corrected chi connectivity index (χ0v) is 10.3. The molecule has 0 amide bonds. The number of esters is 1. The van der Waals surface area contributed by atoms with Crippen molar-refractivity contribution in [1.82, 2.24) is 0 Å². The summed E-state index contributed by atoms with van der Waals surface area (Å²) in [5.41, 5.74) is 1.16. The van der Waals surface area contributed by atoms with E-state index in [1.807, 2.05) is 13.8 Å². The van der Waals surface area contributed by atoms with Gasteiger partial charge in [-0.3, -0.25) is 4.79 Å². The van der Waals surface area contributed by atoms with Gasteiger partial charge in [-0.05, 0) is 25.3 Å². The SMILES string of the molecule is CCCCCCC=C(C)COC(=O)CC. The first kappa shape index (κ1) is 14.2. The van der Waals surface area contributed by atoms with Crippen molar-refractivity contribution in [2.45, 2.75) is 59.3 Å². The van der Waals surface area contributed by atoms with Crippen LogP contribution in [0.15, 0.2) is 11.6 Å². The van der Waals surface area contributed by atoms with Crippen LogP contribution < -0.4 is 0 Å². The molecule has 0 aliphatic heterocycles. The van der Waals surface area contributed by atoms with E-state index in [1.54, 1.807) is 0 Å². The first-order chi connectivity index (χ1) is 7.20. The zero-order chi connectivity index (χ0) is 11.5. The molecule has 0 aromatic carbocycles. The maximum atomic E-state index is 10.9. The molecule has 15 heavy (non-hydrogen) atoms. The van der Waals surface area contributed by atoms with E-state index in [0.29, 0.717) is 13.0 Å². The Labute approximate surface area is 93.7 Å². The van der Waals surface area contributed by atoms with Gasteiger partial charge in [-0.1, -0.05) is 39.2 Å². The minimum atomic E-state index is -0.117. The highest BCUT2D eigenvalue weighted by molar-refractivity contribution is 5.69. The third-order valence-corrected chi connectivity index (χ3v) is 2.30. The van der Waals surface area contributed by atoms with Crippen molar-refractivity contribution in [3.63, 3.8) is 0 Å². The van der Waals surface area contributed by atoms with Crippen molar-refractivity contribution in [2.75, 3.05) is 6.61 Å². The van der Waals surface area contributed by atoms with E-state index in [0.717, 1.165) is 12.0 Å². The second kappa shape index (κ2) is 9.75. The molecular weight excluding hydrogens is 188 g/mol. The predicted octanol–water partition coefficient (Wildman–Crippen LogP) is 3.86. The van der Waals surface area contributed by atoms with E-state index in [2.05, 4.69) is 13.0 Å². The Bertz CT molecular complexity index is 195. The van der Waals surface area contributed by atoms with Gasteiger partial charge in [0.15, 0.2) is 0 Å². The lowest BCUT2D eigenvalue weighted by Crippen LogP contribution is -2.04. The molecule has 0 aliphatic rings. The van der Waals surface area contributed by atoms with Gasteiger partial charge in [-0.2, -0.15) is 0 Å². The van der Waals surface area contributed by atoms with Crippen LogP contribution in [0.1, 0.15) is 59.3 Å². The molecule has 0 saturated carbocycles. The van der Waals surface area contributed by atoms with Gasteiger partial charge in [0, 0.05) is 6.42 Å². The summed E-state index contributed by atoms with van der Waals surface area (Å²) < 4.78 is 5.02. The van der Waals surface area contributed by atoms with Gasteiger partial charge in [0.25, 0.3) is 0 Å².